The number of nitrogens with two attached hydrogens (primary N) is 1. The number of rotatable bonds is 4. The zero-order valence-corrected chi connectivity index (χ0v) is 12.3. The molecular formula is C16H26N2O. The molecule has 1 aromatic carbocycles. The van der Waals surface area contributed by atoms with Crippen LogP contribution in [-0.4, -0.2) is 42.8 Å². The standard InChI is InChI=1S/C16H26N2O/c1-12-11-19-13(2)10-18(12)16(9-17)14(3)15-7-5-4-6-8-15/h4-8,12-14,16H,9-11,17H2,1-3H3. The molecule has 0 aromatic heterocycles. The van der Waals surface area contributed by atoms with Crippen molar-refractivity contribution in [3.8, 4) is 0 Å². The minimum Gasteiger partial charge on any atom is -0.376 e. The van der Waals surface area contributed by atoms with Crippen LogP contribution in [0.5, 0.6) is 0 Å². The molecule has 1 heterocycles. The van der Waals surface area contributed by atoms with E-state index in [1.54, 1.807) is 0 Å². The maximum atomic E-state index is 6.07. The van der Waals surface area contributed by atoms with Gasteiger partial charge in [-0.15, -0.1) is 0 Å². The summed E-state index contributed by atoms with van der Waals surface area (Å²) in [5.41, 5.74) is 7.43. The number of nitrogens with zero attached hydrogens (tertiary/aromatic N) is 1. The van der Waals surface area contributed by atoms with E-state index in [-0.39, 0.29) is 0 Å². The molecule has 0 aliphatic carbocycles. The normalized spacial score (nSPS) is 28.0. The first kappa shape index (κ1) is 14.5. The van der Waals surface area contributed by atoms with Gasteiger partial charge in [-0.3, -0.25) is 4.90 Å². The molecule has 4 atom stereocenters. The summed E-state index contributed by atoms with van der Waals surface area (Å²) in [4.78, 5) is 2.52. The predicted molar refractivity (Wildman–Crippen MR) is 79.3 cm³/mol. The van der Waals surface area contributed by atoms with E-state index in [2.05, 4.69) is 56.0 Å². The highest BCUT2D eigenvalue weighted by Gasteiger charge is 2.32. The lowest BCUT2D eigenvalue weighted by atomic mass is 9.91. The molecular weight excluding hydrogens is 236 g/mol. The third kappa shape index (κ3) is 3.35. The van der Waals surface area contributed by atoms with Crippen LogP contribution in [-0.2, 0) is 4.74 Å². The minimum absolute atomic E-state index is 0.299. The fraction of sp³-hybridized carbons (Fsp3) is 0.625. The molecule has 0 radical (unpaired) electrons. The molecule has 0 spiro atoms. The van der Waals surface area contributed by atoms with E-state index in [1.807, 2.05) is 0 Å². The average Bonchev–Trinajstić information content (AvgIpc) is 2.44. The summed E-state index contributed by atoms with van der Waals surface area (Å²) in [6.45, 7) is 9.11. The fourth-order valence-corrected chi connectivity index (χ4v) is 3.00. The van der Waals surface area contributed by atoms with Crippen molar-refractivity contribution in [2.75, 3.05) is 19.7 Å². The van der Waals surface area contributed by atoms with Crippen LogP contribution in [0.3, 0.4) is 0 Å². The first-order valence-corrected chi connectivity index (χ1v) is 7.25. The van der Waals surface area contributed by atoms with Gasteiger partial charge in [0.25, 0.3) is 0 Å². The van der Waals surface area contributed by atoms with Crippen LogP contribution in [0.15, 0.2) is 30.3 Å². The summed E-state index contributed by atoms with van der Waals surface area (Å²) in [6.07, 6.45) is 0.299. The largest absolute Gasteiger partial charge is 0.376 e. The third-order valence-corrected chi connectivity index (χ3v) is 4.23. The molecule has 0 amide bonds. The van der Waals surface area contributed by atoms with Crippen molar-refractivity contribution >= 4 is 0 Å². The Balaban J connectivity index is 2.14. The molecule has 1 aliphatic rings. The van der Waals surface area contributed by atoms with E-state index in [0.29, 0.717) is 30.7 Å². The molecule has 0 saturated carbocycles. The maximum Gasteiger partial charge on any atom is 0.0674 e. The monoisotopic (exact) mass is 262 g/mol. The van der Waals surface area contributed by atoms with E-state index in [9.17, 15) is 0 Å². The van der Waals surface area contributed by atoms with E-state index in [1.165, 1.54) is 5.56 Å². The quantitative estimate of drug-likeness (QED) is 0.904. The molecule has 1 fully saturated rings. The smallest absolute Gasteiger partial charge is 0.0674 e. The maximum absolute atomic E-state index is 6.07. The van der Waals surface area contributed by atoms with Gasteiger partial charge >= 0.3 is 0 Å². The number of benzene rings is 1. The summed E-state index contributed by atoms with van der Waals surface area (Å²) in [7, 11) is 0. The van der Waals surface area contributed by atoms with Gasteiger partial charge in [0, 0.05) is 25.2 Å². The van der Waals surface area contributed by atoms with Crippen molar-refractivity contribution in [2.24, 2.45) is 5.73 Å². The lowest BCUT2D eigenvalue weighted by molar-refractivity contribution is -0.0677. The summed E-state index contributed by atoms with van der Waals surface area (Å²) in [5.74, 6) is 0.443. The summed E-state index contributed by atoms with van der Waals surface area (Å²) in [6, 6.07) is 11.5. The molecule has 2 rings (SSSR count). The minimum atomic E-state index is 0.299. The van der Waals surface area contributed by atoms with Crippen molar-refractivity contribution in [2.45, 2.75) is 44.9 Å². The highest BCUT2D eigenvalue weighted by atomic mass is 16.5. The third-order valence-electron chi connectivity index (χ3n) is 4.23. The first-order chi connectivity index (χ1) is 9.13. The van der Waals surface area contributed by atoms with Gasteiger partial charge in [-0.25, -0.2) is 0 Å². The van der Waals surface area contributed by atoms with Crippen LogP contribution >= 0.6 is 0 Å². The zero-order valence-electron chi connectivity index (χ0n) is 12.3. The second kappa shape index (κ2) is 6.51. The van der Waals surface area contributed by atoms with Gasteiger partial charge in [0.2, 0.25) is 0 Å². The van der Waals surface area contributed by atoms with Crippen LogP contribution in [0, 0.1) is 0 Å². The first-order valence-electron chi connectivity index (χ1n) is 7.25. The number of hydrogen-bond acceptors (Lipinski definition) is 3. The van der Waals surface area contributed by atoms with Gasteiger partial charge in [-0.1, -0.05) is 37.3 Å². The summed E-state index contributed by atoms with van der Waals surface area (Å²) < 4.78 is 5.72. The SMILES string of the molecule is CC1CN(C(CN)C(C)c2ccccc2)C(C)CO1. The lowest BCUT2D eigenvalue weighted by Crippen LogP contribution is -2.55. The van der Waals surface area contributed by atoms with Gasteiger partial charge in [0.05, 0.1) is 12.7 Å². The van der Waals surface area contributed by atoms with Gasteiger partial charge < -0.3 is 10.5 Å². The van der Waals surface area contributed by atoms with Crippen LogP contribution in [0.4, 0.5) is 0 Å². The Hall–Kier alpha value is -0.900. The molecule has 106 valence electrons. The summed E-state index contributed by atoms with van der Waals surface area (Å²) >= 11 is 0. The van der Waals surface area contributed by atoms with Crippen LogP contribution in [0.25, 0.3) is 0 Å². The zero-order chi connectivity index (χ0) is 13.8. The highest BCUT2D eigenvalue weighted by Crippen LogP contribution is 2.26. The topological polar surface area (TPSA) is 38.5 Å². The van der Waals surface area contributed by atoms with Gasteiger partial charge in [0.1, 0.15) is 0 Å². The fourth-order valence-electron chi connectivity index (χ4n) is 3.00. The molecule has 0 bridgehead atoms. The second-order valence-corrected chi connectivity index (χ2v) is 5.69. The molecule has 1 saturated heterocycles. The van der Waals surface area contributed by atoms with Crippen molar-refractivity contribution in [1.82, 2.24) is 4.90 Å². The average molecular weight is 262 g/mol. The van der Waals surface area contributed by atoms with Crippen LogP contribution < -0.4 is 5.73 Å². The van der Waals surface area contributed by atoms with E-state index >= 15 is 0 Å². The molecule has 3 heteroatoms. The molecule has 1 aliphatic heterocycles. The Kier molecular flexibility index (Phi) is 4.97. The molecule has 4 unspecified atom stereocenters. The van der Waals surface area contributed by atoms with E-state index < -0.39 is 0 Å². The van der Waals surface area contributed by atoms with Gasteiger partial charge in [-0.2, -0.15) is 0 Å². The Labute approximate surface area is 116 Å². The Morgan fingerprint density at radius 1 is 1.32 bits per heavy atom. The van der Waals surface area contributed by atoms with Crippen molar-refractivity contribution in [1.29, 1.82) is 0 Å². The Morgan fingerprint density at radius 3 is 2.63 bits per heavy atom. The van der Waals surface area contributed by atoms with Crippen molar-refractivity contribution in [3.05, 3.63) is 35.9 Å². The second-order valence-electron chi connectivity index (χ2n) is 5.69. The molecule has 19 heavy (non-hydrogen) atoms. The highest BCUT2D eigenvalue weighted by molar-refractivity contribution is 5.21. The molecule has 1 aromatic rings. The number of ether oxygens (including phenoxy) is 1. The Morgan fingerprint density at radius 2 is 2.00 bits per heavy atom. The number of morpholine rings is 1. The van der Waals surface area contributed by atoms with Crippen molar-refractivity contribution in [3.63, 3.8) is 0 Å². The molecule has 2 N–H and O–H groups in total. The van der Waals surface area contributed by atoms with Gasteiger partial charge in [0.15, 0.2) is 0 Å². The van der Waals surface area contributed by atoms with Gasteiger partial charge in [-0.05, 0) is 25.3 Å². The molecule has 3 nitrogen and oxygen atoms in total. The van der Waals surface area contributed by atoms with Crippen LogP contribution in [0.1, 0.15) is 32.3 Å². The predicted octanol–water partition coefficient (Wildman–Crippen LogP) is 2.23. The van der Waals surface area contributed by atoms with E-state index in [0.717, 1.165) is 13.2 Å². The van der Waals surface area contributed by atoms with Crippen molar-refractivity contribution < 1.29 is 4.74 Å². The Bertz CT molecular complexity index is 382. The number of hydrogen-bond donors (Lipinski definition) is 1. The van der Waals surface area contributed by atoms with E-state index in [4.69, 9.17) is 10.5 Å². The summed E-state index contributed by atoms with van der Waals surface area (Å²) in [5, 5.41) is 0. The lowest BCUT2D eigenvalue weighted by Gasteiger charge is -2.44. The van der Waals surface area contributed by atoms with Crippen LogP contribution in [0.2, 0.25) is 0 Å².